The summed E-state index contributed by atoms with van der Waals surface area (Å²) >= 11 is 7.58. The Morgan fingerprint density at radius 2 is 1.36 bits per heavy atom. The van der Waals surface area contributed by atoms with E-state index in [1.807, 2.05) is 40.9 Å². The summed E-state index contributed by atoms with van der Waals surface area (Å²) in [6, 6.07) is 28.4. The SMILES string of the molecule is Clc1ccc(-c2nnc3sc(C(c4ccccc4)c4ccccc4)nn23)cc1. The highest BCUT2D eigenvalue weighted by molar-refractivity contribution is 7.16. The van der Waals surface area contributed by atoms with Crippen molar-refractivity contribution in [2.75, 3.05) is 0 Å². The molecule has 136 valence electrons. The van der Waals surface area contributed by atoms with Gasteiger partial charge in [0.2, 0.25) is 4.96 Å². The lowest BCUT2D eigenvalue weighted by Crippen LogP contribution is -2.04. The Hall–Kier alpha value is -3.02. The summed E-state index contributed by atoms with van der Waals surface area (Å²) in [5.41, 5.74) is 3.34. The molecule has 0 amide bonds. The molecule has 0 aliphatic heterocycles. The summed E-state index contributed by atoms with van der Waals surface area (Å²) in [6.45, 7) is 0. The van der Waals surface area contributed by atoms with Gasteiger partial charge in [0.25, 0.3) is 0 Å². The third-order valence-corrected chi connectivity index (χ3v) is 5.84. The highest BCUT2D eigenvalue weighted by Gasteiger charge is 2.23. The first-order valence-electron chi connectivity index (χ1n) is 8.87. The van der Waals surface area contributed by atoms with Crippen LogP contribution in [0.3, 0.4) is 0 Å². The van der Waals surface area contributed by atoms with Gasteiger partial charge >= 0.3 is 0 Å². The predicted octanol–water partition coefficient (Wildman–Crippen LogP) is 5.69. The van der Waals surface area contributed by atoms with E-state index in [1.165, 1.54) is 11.1 Å². The number of nitrogens with zero attached hydrogens (tertiary/aromatic N) is 4. The Morgan fingerprint density at radius 3 is 1.96 bits per heavy atom. The quantitative estimate of drug-likeness (QED) is 0.388. The van der Waals surface area contributed by atoms with Crippen LogP contribution < -0.4 is 0 Å². The Labute approximate surface area is 171 Å². The molecular formula is C22H15ClN4S. The molecule has 0 spiro atoms. The lowest BCUT2D eigenvalue weighted by atomic mass is 9.92. The van der Waals surface area contributed by atoms with Gasteiger partial charge in [-0.1, -0.05) is 83.6 Å². The smallest absolute Gasteiger partial charge is 0.183 e. The molecule has 0 aliphatic rings. The summed E-state index contributed by atoms with van der Waals surface area (Å²) in [5, 5.41) is 15.2. The number of fused-ring (bicyclic) bond motifs is 1. The van der Waals surface area contributed by atoms with Gasteiger partial charge in [0, 0.05) is 10.6 Å². The minimum atomic E-state index is 0.0483. The van der Waals surface area contributed by atoms with Crippen molar-refractivity contribution in [2.24, 2.45) is 0 Å². The number of hydrogen-bond acceptors (Lipinski definition) is 4. The van der Waals surface area contributed by atoms with Crippen LogP contribution in [0.15, 0.2) is 84.9 Å². The molecule has 0 N–H and O–H groups in total. The normalized spacial score (nSPS) is 11.4. The summed E-state index contributed by atoms with van der Waals surface area (Å²) in [4.78, 5) is 0.775. The van der Waals surface area contributed by atoms with E-state index in [2.05, 4.69) is 58.7 Å². The molecule has 0 saturated heterocycles. The van der Waals surface area contributed by atoms with E-state index >= 15 is 0 Å². The fourth-order valence-electron chi connectivity index (χ4n) is 3.30. The molecule has 2 heterocycles. The van der Waals surface area contributed by atoms with Crippen LogP contribution in [-0.2, 0) is 0 Å². The maximum Gasteiger partial charge on any atom is 0.234 e. The molecule has 5 aromatic rings. The van der Waals surface area contributed by atoms with E-state index in [0.717, 1.165) is 15.5 Å². The summed E-state index contributed by atoms with van der Waals surface area (Å²) in [7, 11) is 0. The van der Waals surface area contributed by atoms with Crippen molar-refractivity contribution in [1.82, 2.24) is 19.8 Å². The number of halogens is 1. The van der Waals surface area contributed by atoms with E-state index in [9.17, 15) is 0 Å². The van der Waals surface area contributed by atoms with Crippen molar-refractivity contribution in [1.29, 1.82) is 0 Å². The van der Waals surface area contributed by atoms with Crippen LogP contribution in [0.1, 0.15) is 22.1 Å². The zero-order valence-electron chi connectivity index (χ0n) is 14.7. The molecule has 6 heteroatoms. The first-order valence-corrected chi connectivity index (χ1v) is 10.1. The lowest BCUT2D eigenvalue weighted by molar-refractivity contribution is 0.863. The van der Waals surface area contributed by atoms with Crippen LogP contribution in [-0.4, -0.2) is 19.8 Å². The number of hydrogen-bond donors (Lipinski definition) is 0. The first-order chi connectivity index (χ1) is 13.8. The van der Waals surface area contributed by atoms with Gasteiger partial charge in [-0.05, 0) is 35.4 Å². The van der Waals surface area contributed by atoms with Crippen LogP contribution in [0.25, 0.3) is 16.3 Å². The van der Waals surface area contributed by atoms with E-state index in [4.69, 9.17) is 16.7 Å². The molecule has 4 nitrogen and oxygen atoms in total. The number of benzene rings is 3. The third-order valence-electron chi connectivity index (χ3n) is 4.62. The van der Waals surface area contributed by atoms with Gasteiger partial charge in [0.1, 0.15) is 5.01 Å². The maximum absolute atomic E-state index is 6.02. The minimum absolute atomic E-state index is 0.0483. The molecule has 0 atom stereocenters. The topological polar surface area (TPSA) is 43.1 Å². The lowest BCUT2D eigenvalue weighted by Gasteiger charge is -2.15. The van der Waals surface area contributed by atoms with Crippen LogP contribution in [0, 0.1) is 0 Å². The molecule has 0 bridgehead atoms. The monoisotopic (exact) mass is 402 g/mol. The van der Waals surface area contributed by atoms with Gasteiger partial charge in [-0.15, -0.1) is 10.2 Å². The van der Waals surface area contributed by atoms with Gasteiger partial charge < -0.3 is 0 Å². The molecule has 28 heavy (non-hydrogen) atoms. The Kier molecular flexibility index (Phi) is 4.39. The Balaban J connectivity index is 1.65. The van der Waals surface area contributed by atoms with Gasteiger partial charge in [-0.2, -0.15) is 9.61 Å². The van der Waals surface area contributed by atoms with Crippen LogP contribution in [0.2, 0.25) is 5.02 Å². The van der Waals surface area contributed by atoms with Gasteiger partial charge in [0.05, 0.1) is 5.92 Å². The Bertz CT molecular complexity index is 1170. The molecule has 0 radical (unpaired) electrons. The fraction of sp³-hybridized carbons (Fsp3) is 0.0455. The van der Waals surface area contributed by atoms with E-state index < -0.39 is 0 Å². The van der Waals surface area contributed by atoms with Crippen molar-refractivity contribution in [3.8, 4) is 11.4 Å². The highest BCUT2D eigenvalue weighted by atomic mass is 35.5. The minimum Gasteiger partial charge on any atom is -0.183 e. The molecule has 0 fully saturated rings. The van der Waals surface area contributed by atoms with E-state index in [1.54, 1.807) is 11.3 Å². The molecule has 0 unspecified atom stereocenters. The van der Waals surface area contributed by atoms with Crippen LogP contribution >= 0.6 is 22.9 Å². The average Bonchev–Trinajstić information content (AvgIpc) is 3.31. The largest absolute Gasteiger partial charge is 0.234 e. The standard InChI is InChI=1S/C22H15ClN4S/c23-18-13-11-17(12-14-18)20-24-25-22-27(20)26-21(28-22)19(15-7-3-1-4-8-15)16-9-5-2-6-10-16/h1-14,19H. The van der Waals surface area contributed by atoms with Crippen molar-refractivity contribution >= 4 is 27.9 Å². The summed E-state index contributed by atoms with van der Waals surface area (Å²) < 4.78 is 1.82. The predicted molar refractivity (Wildman–Crippen MR) is 113 cm³/mol. The third kappa shape index (κ3) is 3.09. The summed E-state index contributed by atoms with van der Waals surface area (Å²) in [6.07, 6.45) is 0. The molecule has 0 saturated carbocycles. The van der Waals surface area contributed by atoms with Crippen LogP contribution in [0.5, 0.6) is 0 Å². The maximum atomic E-state index is 6.02. The first kappa shape index (κ1) is 17.1. The van der Waals surface area contributed by atoms with E-state index in [-0.39, 0.29) is 5.92 Å². The van der Waals surface area contributed by atoms with Crippen molar-refractivity contribution < 1.29 is 0 Å². The molecule has 0 aliphatic carbocycles. The zero-order valence-corrected chi connectivity index (χ0v) is 16.3. The fourth-order valence-corrected chi connectivity index (χ4v) is 4.42. The van der Waals surface area contributed by atoms with Crippen LogP contribution in [0.4, 0.5) is 0 Å². The average molecular weight is 403 g/mol. The molecule has 5 rings (SSSR count). The van der Waals surface area contributed by atoms with Crippen molar-refractivity contribution in [3.05, 3.63) is 106 Å². The highest BCUT2D eigenvalue weighted by Crippen LogP contribution is 2.35. The second kappa shape index (κ2) is 7.19. The number of aromatic nitrogens is 4. The summed E-state index contributed by atoms with van der Waals surface area (Å²) in [5.74, 6) is 0.765. The Morgan fingerprint density at radius 1 is 0.750 bits per heavy atom. The molecule has 2 aromatic heterocycles. The zero-order chi connectivity index (χ0) is 18.9. The molecular weight excluding hydrogens is 388 g/mol. The number of rotatable bonds is 4. The molecule has 3 aromatic carbocycles. The second-order valence-corrected chi connectivity index (χ2v) is 7.84. The van der Waals surface area contributed by atoms with Crippen molar-refractivity contribution in [3.63, 3.8) is 0 Å². The van der Waals surface area contributed by atoms with E-state index in [0.29, 0.717) is 10.8 Å². The van der Waals surface area contributed by atoms with Gasteiger partial charge in [-0.25, -0.2) is 0 Å². The second-order valence-electron chi connectivity index (χ2n) is 6.42. The van der Waals surface area contributed by atoms with Gasteiger partial charge in [-0.3, -0.25) is 0 Å². The van der Waals surface area contributed by atoms with Gasteiger partial charge in [0.15, 0.2) is 5.82 Å². The van der Waals surface area contributed by atoms with Crippen molar-refractivity contribution in [2.45, 2.75) is 5.92 Å².